The largest absolute Gasteiger partial charge is 0.478 e. The Balaban J connectivity index is 0.000000250. The number of anilines is 1. The fourth-order valence-corrected chi connectivity index (χ4v) is 1.93. The van der Waals surface area contributed by atoms with Crippen LogP contribution in [0.3, 0.4) is 0 Å². The molecule has 1 fully saturated rings. The zero-order valence-electron chi connectivity index (χ0n) is 10.9. The van der Waals surface area contributed by atoms with Gasteiger partial charge in [0.05, 0.1) is 5.56 Å². The van der Waals surface area contributed by atoms with Crippen molar-refractivity contribution >= 4 is 17.7 Å². The third-order valence-corrected chi connectivity index (χ3v) is 2.88. The summed E-state index contributed by atoms with van der Waals surface area (Å²) in [4.78, 5) is 20.9. The molecule has 2 amide bonds. The molecule has 2 rings (SSSR count). The van der Waals surface area contributed by atoms with Gasteiger partial charge in [-0.25, -0.2) is 9.59 Å². The lowest BCUT2D eigenvalue weighted by Crippen LogP contribution is -2.19. The number of rotatable bonds is 2. The molecule has 0 heterocycles. The fourth-order valence-electron chi connectivity index (χ4n) is 1.93. The third-order valence-electron chi connectivity index (χ3n) is 2.88. The number of carbonyl (C=O) groups excluding carboxylic acids is 1. The van der Waals surface area contributed by atoms with E-state index in [0.29, 0.717) is 5.69 Å². The molecule has 0 saturated heterocycles. The summed E-state index contributed by atoms with van der Waals surface area (Å²) in [7, 11) is 0. The SMILES string of the molecule is C1CCCCC1.NC(=O)Nc1cccc(C(=O)O)c1. The van der Waals surface area contributed by atoms with Crippen LogP contribution in [-0.4, -0.2) is 17.1 Å². The van der Waals surface area contributed by atoms with Crippen molar-refractivity contribution in [2.45, 2.75) is 38.5 Å². The molecule has 0 spiro atoms. The van der Waals surface area contributed by atoms with Gasteiger partial charge in [-0.15, -0.1) is 0 Å². The van der Waals surface area contributed by atoms with Gasteiger partial charge in [0.25, 0.3) is 0 Å². The molecular weight excluding hydrogens is 244 g/mol. The number of hydrogen-bond donors (Lipinski definition) is 3. The summed E-state index contributed by atoms with van der Waals surface area (Å²) in [5.41, 5.74) is 5.32. The summed E-state index contributed by atoms with van der Waals surface area (Å²) in [6, 6.07) is 5.11. The van der Waals surface area contributed by atoms with Crippen LogP contribution in [0, 0.1) is 0 Å². The number of primary amides is 1. The maximum absolute atomic E-state index is 10.5. The number of hydrogen-bond acceptors (Lipinski definition) is 2. The van der Waals surface area contributed by atoms with E-state index in [9.17, 15) is 9.59 Å². The first-order valence-corrected chi connectivity index (χ1v) is 6.49. The highest BCUT2D eigenvalue weighted by atomic mass is 16.4. The van der Waals surface area contributed by atoms with Crippen molar-refractivity contribution in [2.24, 2.45) is 5.73 Å². The smallest absolute Gasteiger partial charge is 0.335 e. The van der Waals surface area contributed by atoms with Crippen LogP contribution in [0.15, 0.2) is 24.3 Å². The lowest BCUT2D eigenvalue weighted by atomic mass is 10.0. The van der Waals surface area contributed by atoms with E-state index in [4.69, 9.17) is 10.8 Å². The van der Waals surface area contributed by atoms with Crippen LogP contribution in [0.2, 0.25) is 0 Å². The number of benzene rings is 1. The Morgan fingerprint density at radius 1 is 1.05 bits per heavy atom. The molecule has 5 nitrogen and oxygen atoms in total. The van der Waals surface area contributed by atoms with Crippen LogP contribution in [0.25, 0.3) is 0 Å². The number of nitrogens with two attached hydrogens (primary N) is 1. The van der Waals surface area contributed by atoms with Crippen molar-refractivity contribution in [3.05, 3.63) is 29.8 Å². The average Bonchev–Trinajstić information content (AvgIpc) is 2.41. The summed E-state index contributed by atoms with van der Waals surface area (Å²) in [5, 5.41) is 10.9. The van der Waals surface area contributed by atoms with Crippen molar-refractivity contribution in [1.29, 1.82) is 0 Å². The summed E-state index contributed by atoms with van der Waals surface area (Å²) in [6.45, 7) is 0. The van der Waals surface area contributed by atoms with Crippen LogP contribution in [0.4, 0.5) is 10.5 Å². The molecule has 0 atom stereocenters. The minimum atomic E-state index is -1.05. The molecule has 1 aliphatic rings. The second kappa shape index (κ2) is 8.13. The van der Waals surface area contributed by atoms with Crippen LogP contribution < -0.4 is 11.1 Å². The second-order valence-electron chi connectivity index (χ2n) is 4.50. The van der Waals surface area contributed by atoms with E-state index in [2.05, 4.69) is 5.32 Å². The molecule has 1 aromatic carbocycles. The highest BCUT2D eigenvalue weighted by molar-refractivity contribution is 5.92. The molecule has 104 valence electrons. The van der Waals surface area contributed by atoms with Gasteiger partial charge in [0.15, 0.2) is 0 Å². The molecule has 0 unspecified atom stereocenters. The molecule has 1 aliphatic carbocycles. The Labute approximate surface area is 112 Å². The predicted octanol–water partition coefficient (Wildman–Crippen LogP) is 3.22. The van der Waals surface area contributed by atoms with Gasteiger partial charge in [0.2, 0.25) is 0 Å². The number of nitrogens with one attached hydrogen (secondary N) is 1. The zero-order valence-corrected chi connectivity index (χ0v) is 10.9. The Morgan fingerprint density at radius 3 is 2.00 bits per heavy atom. The van der Waals surface area contributed by atoms with Gasteiger partial charge < -0.3 is 16.2 Å². The predicted molar refractivity (Wildman–Crippen MR) is 74.3 cm³/mol. The number of carbonyl (C=O) groups is 2. The minimum absolute atomic E-state index is 0.103. The lowest BCUT2D eigenvalue weighted by molar-refractivity contribution is 0.0697. The Bertz CT molecular complexity index is 417. The molecule has 5 heteroatoms. The number of aromatic carboxylic acids is 1. The molecular formula is C14H20N2O3. The minimum Gasteiger partial charge on any atom is -0.478 e. The third kappa shape index (κ3) is 6.45. The van der Waals surface area contributed by atoms with E-state index in [-0.39, 0.29) is 5.56 Å². The molecule has 0 aromatic heterocycles. The van der Waals surface area contributed by atoms with Crippen LogP contribution in [0.5, 0.6) is 0 Å². The summed E-state index contributed by atoms with van der Waals surface area (Å²) < 4.78 is 0. The molecule has 19 heavy (non-hydrogen) atoms. The van der Waals surface area contributed by atoms with Crippen molar-refractivity contribution in [1.82, 2.24) is 0 Å². The average molecular weight is 264 g/mol. The van der Waals surface area contributed by atoms with E-state index in [1.54, 1.807) is 6.07 Å². The molecule has 1 saturated carbocycles. The first-order valence-electron chi connectivity index (χ1n) is 6.49. The van der Waals surface area contributed by atoms with Gasteiger partial charge in [-0.1, -0.05) is 44.6 Å². The van der Waals surface area contributed by atoms with Crippen LogP contribution in [0.1, 0.15) is 48.9 Å². The van der Waals surface area contributed by atoms with E-state index < -0.39 is 12.0 Å². The molecule has 0 aliphatic heterocycles. The monoisotopic (exact) mass is 264 g/mol. The van der Waals surface area contributed by atoms with Crippen molar-refractivity contribution in [2.75, 3.05) is 5.32 Å². The van der Waals surface area contributed by atoms with E-state index in [1.165, 1.54) is 56.7 Å². The number of urea groups is 1. The number of carboxylic acids is 1. The Morgan fingerprint density at radius 2 is 1.58 bits per heavy atom. The maximum atomic E-state index is 10.5. The van der Waals surface area contributed by atoms with Gasteiger partial charge >= 0.3 is 12.0 Å². The second-order valence-corrected chi connectivity index (χ2v) is 4.50. The quantitative estimate of drug-likeness (QED) is 0.765. The van der Waals surface area contributed by atoms with E-state index >= 15 is 0 Å². The summed E-state index contributed by atoms with van der Waals surface area (Å²) in [5.74, 6) is -1.05. The summed E-state index contributed by atoms with van der Waals surface area (Å²) in [6.07, 6.45) is 9.00. The molecule has 0 bridgehead atoms. The van der Waals surface area contributed by atoms with E-state index in [1.807, 2.05) is 0 Å². The van der Waals surface area contributed by atoms with E-state index in [0.717, 1.165) is 0 Å². The van der Waals surface area contributed by atoms with Gasteiger partial charge in [-0.3, -0.25) is 0 Å². The summed E-state index contributed by atoms with van der Waals surface area (Å²) >= 11 is 0. The standard InChI is InChI=1S/C8H8N2O3.C6H12/c9-8(13)10-6-3-1-2-5(4-6)7(11)12;1-2-4-6-5-3-1/h1-4H,(H,11,12)(H3,9,10,13);1-6H2. The molecule has 4 N–H and O–H groups in total. The molecule has 0 radical (unpaired) electrons. The van der Waals surface area contributed by atoms with Gasteiger partial charge in [0.1, 0.15) is 0 Å². The molecule has 1 aromatic rings. The lowest BCUT2D eigenvalue weighted by Gasteiger charge is -2.05. The van der Waals surface area contributed by atoms with Crippen molar-refractivity contribution < 1.29 is 14.7 Å². The van der Waals surface area contributed by atoms with Crippen molar-refractivity contribution in [3.8, 4) is 0 Å². The number of amides is 2. The normalized spacial score (nSPS) is 13.9. The van der Waals surface area contributed by atoms with Crippen molar-refractivity contribution in [3.63, 3.8) is 0 Å². The Hall–Kier alpha value is -2.04. The maximum Gasteiger partial charge on any atom is 0.335 e. The van der Waals surface area contributed by atoms with Gasteiger partial charge in [-0.05, 0) is 18.2 Å². The van der Waals surface area contributed by atoms with Gasteiger partial charge in [0, 0.05) is 5.69 Å². The Kier molecular flexibility index (Phi) is 6.43. The topological polar surface area (TPSA) is 92.4 Å². The number of carboxylic acid groups (broad SMARTS) is 1. The first kappa shape index (κ1) is 15.0. The highest BCUT2D eigenvalue weighted by Crippen LogP contribution is 2.15. The highest BCUT2D eigenvalue weighted by Gasteiger charge is 2.03. The van der Waals surface area contributed by atoms with Crippen LogP contribution >= 0.6 is 0 Å². The van der Waals surface area contributed by atoms with Gasteiger partial charge in [-0.2, -0.15) is 0 Å². The fraction of sp³-hybridized carbons (Fsp3) is 0.429. The zero-order chi connectivity index (χ0) is 14.1. The first-order chi connectivity index (χ1) is 9.09. The van der Waals surface area contributed by atoms with Crippen LogP contribution in [-0.2, 0) is 0 Å².